The molecule has 27 heavy (non-hydrogen) atoms. The summed E-state index contributed by atoms with van der Waals surface area (Å²) in [6, 6.07) is 12.3. The molecule has 1 amide bonds. The molecular formula is C21H22FN3OS. The molecule has 0 aliphatic carbocycles. The van der Waals surface area contributed by atoms with Gasteiger partial charge in [-0.2, -0.15) is 5.10 Å². The van der Waals surface area contributed by atoms with Gasteiger partial charge in [-0.15, -0.1) is 5.10 Å². The van der Waals surface area contributed by atoms with E-state index in [0.29, 0.717) is 11.7 Å². The van der Waals surface area contributed by atoms with Crippen LogP contribution in [-0.2, 0) is 11.3 Å². The van der Waals surface area contributed by atoms with Crippen LogP contribution in [0.2, 0.25) is 0 Å². The van der Waals surface area contributed by atoms with Gasteiger partial charge in [-0.05, 0) is 49.1 Å². The van der Waals surface area contributed by atoms with Gasteiger partial charge in [0.05, 0.1) is 18.0 Å². The minimum absolute atomic E-state index is 0.0206. The van der Waals surface area contributed by atoms with Crippen LogP contribution in [0.3, 0.4) is 0 Å². The van der Waals surface area contributed by atoms with Gasteiger partial charge in [-0.25, -0.2) is 4.39 Å². The van der Waals surface area contributed by atoms with E-state index < -0.39 is 0 Å². The van der Waals surface area contributed by atoms with E-state index in [-0.39, 0.29) is 17.0 Å². The maximum absolute atomic E-state index is 13.1. The van der Waals surface area contributed by atoms with Gasteiger partial charge < -0.3 is 0 Å². The maximum Gasteiger partial charge on any atom is 0.242 e. The highest BCUT2D eigenvalue weighted by Gasteiger charge is 2.36. The van der Waals surface area contributed by atoms with E-state index in [0.717, 1.165) is 23.1 Å². The Morgan fingerprint density at radius 2 is 1.93 bits per heavy atom. The zero-order valence-electron chi connectivity index (χ0n) is 15.6. The van der Waals surface area contributed by atoms with Crippen LogP contribution >= 0.6 is 11.8 Å². The molecule has 0 bridgehead atoms. The number of hydrogen-bond acceptors (Lipinski definition) is 4. The lowest BCUT2D eigenvalue weighted by atomic mass is 10.1. The first-order valence-electron chi connectivity index (χ1n) is 8.88. The van der Waals surface area contributed by atoms with Gasteiger partial charge in [-0.3, -0.25) is 9.69 Å². The fourth-order valence-electron chi connectivity index (χ4n) is 2.87. The van der Waals surface area contributed by atoms with Crippen LogP contribution in [0.25, 0.3) is 0 Å². The molecule has 6 heteroatoms. The van der Waals surface area contributed by atoms with Crippen molar-refractivity contribution in [3.63, 3.8) is 0 Å². The van der Waals surface area contributed by atoms with Crippen molar-refractivity contribution in [2.24, 2.45) is 10.2 Å². The molecule has 140 valence electrons. The van der Waals surface area contributed by atoms with Gasteiger partial charge in [0.15, 0.2) is 5.17 Å². The fourth-order valence-corrected chi connectivity index (χ4v) is 3.90. The number of hydrogen-bond donors (Lipinski definition) is 0. The Balaban J connectivity index is 1.81. The largest absolute Gasteiger partial charge is 0.284 e. The van der Waals surface area contributed by atoms with Crippen LogP contribution < -0.4 is 0 Å². The number of amides is 1. The van der Waals surface area contributed by atoms with E-state index in [1.807, 2.05) is 32.9 Å². The predicted molar refractivity (Wildman–Crippen MR) is 110 cm³/mol. The molecule has 0 N–H and O–H groups in total. The Morgan fingerprint density at radius 3 is 2.59 bits per heavy atom. The van der Waals surface area contributed by atoms with E-state index in [4.69, 9.17) is 0 Å². The van der Waals surface area contributed by atoms with E-state index in [1.165, 1.54) is 29.5 Å². The molecular weight excluding hydrogens is 361 g/mol. The van der Waals surface area contributed by atoms with Crippen LogP contribution in [0.1, 0.15) is 35.6 Å². The first kappa shape index (κ1) is 19.3. The molecule has 1 atom stereocenters. The Hall–Kier alpha value is -2.47. The number of nitrogens with zero attached hydrogens (tertiary/aromatic N) is 3. The van der Waals surface area contributed by atoms with E-state index in [1.54, 1.807) is 23.2 Å². The number of amidine groups is 1. The Labute approximate surface area is 163 Å². The molecule has 1 saturated heterocycles. The number of thioether (sulfide) groups is 1. The highest BCUT2D eigenvalue weighted by Crippen LogP contribution is 2.30. The molecule has 1 unspecified atom stereocenters. The van der Waals surface area contributed by atoms with E-state index in [9.17, 15) is 9.18 Å². The second-order valence-electron chi connectivity index (χ2n) is 6.55. The second kappa shape index (κ2) is 8.48. The first-order chi connectivity index (χ1) is 13.0. The van der Waals surface area contributed by atoms with Crippen molar-refractivity contribution in [2.45, 2.75) is 39.0 Å². The van der Waals surface area contributed by atoms with Crippen molar-refractivity contribution in [2.75, 3.05) is 0 Å². The number of carbonyl (C=O) groups excluding carboxylic acids is 1. The standard InChI is InChI=1S/C21H22FN3OS/c1-4-19-20(26)25(13-16-6-9-18(22)10-7-16)21(27-19)24-23-12-17-8-5-14(2)11-15(17)3/h5-12,19H,4,13H2,1-3H3/b23-12+,24-21-. The summed E-state index contributed by atoms with van der Waals surface area (Å²) in [6.45, 7) is 6.42. The lowest BCUT2D eigenvalue weighted by Gasteiger charge is -2.15. The summed E-state index contributed by atoms with van der Waals surface area (Å²) in [5, 5.41) is 8.95. The van der Waals surface area contributed by atoms with Crippen molar-refractivity contribution in [3.8, 4) is 0 Å². The number of rotatable bonds is 5. The average molecular weight is 383 g/mol. The fraction of sp³-hybridized carbons (Fsp3) is 0.286. The predicted octanol–water partition coefficient (Wildman–Crippen LogP) is 4.69. The van der Waals surface area contributed by atoms with Crippen molar-refractivity contribution < 1.29 is 9.18 Å². The van der Waals surface area contributed by atoms with Crippen LogP contribution in [0.5, 0.6) is 0 Å². The molecule has 1 fully saturated rings. The van der Waals surface area contributed by atoms with Crippen LogP contribution in [0.15, 0.2) is 52.7 Å². The molecule has 3 rings (SSSR count). The number of halogens is 1. The monoisotopic (exact) mass is 383 g/mol. The van der Waals surface area contributed by atoms with E-state index >= 15 is 0 Å². The summed E-state index contributed by atoms with van der Waals surface area (Å²) in [5.41, 5.74) is 4.18. The van der Waals surface area contributed by atoms with Crippen molar-refractivity contribution in [1.82, 2.24) is 4.90 Å². The lowest BCUT2D eigenvalue weighted by molar-refractivity contribution is -0.126. The van der Waals surface area contributed by atoms with Crippen LogP contribution in [-0.4, -0.2) is 27.4 Å². The third-order valence-electron chi connectivity index (χ3n) is 4.41. The van der Waals surface area contributed by atoms with Crippen LogP contribution in [0, 0.1) is 19.7 Å². The summed E-state index contributed by atoms with van der Waals surface area (Å²) >= 11 is 1.43. The zero-order valence-corrected chi connectivity index (χ0v) is 16.5. The highest BCUT2D eigenvalue weighted by molar-refractivity contribution is 8.15. The Morgan fingerprint density at radius 1 is 1.19 bits per heavy atom. The molecule has 1 heterocycles. The molecule has 0 spiro atoms. The van der Waals surface area contributed by atoms with Gasteiger partial charge in [0.25, 0.3) is 0 Å². The Bertz CT molecular complexity index is 893. The molecule has 1 aliphatic rings. The average Bonchev–Trinajstić information content (AvgIpc) is 2.94. The Kier molecular flexibility index (Phi) is 6.06. The summed E-state index contributed by atoms with van der Waals surface area (Å²) < 4.78 is 13.1. The molecule has 1 aliphatic heterocycles. The lowest BCUT2D eigenvalue weighted by Crippen LogP contribution is -2.31. The second-order valence-corrected chi connectivity index (χ2v) is 7.72. The van der Waals surface area contributed by atoms with Gasteiger partial charge in [0.1, 0.15) is 5.82 Å². The summed E-state index contributed by atoms with van der Waals surface area (Å²) in [5.74, 6) is -0.272. The number of benzene rings is 2. The van der Waals surface area contributed by atoms with Crippen LogP contribution in [0.4, 0.5) is 4.39 Å². The van der Waals surface area contributed by atoms with Crippen molar-refractivity contribution >= 4 is 29.1 Å². The smallest absolute Gasteiger partial charge is 0.242 e. The van der Waals surface area contributed by atoms with Gasteiger partial charge >= 0.3 is 0 Å². The molecule has 0 radical (unpaired) electrons. The highest BCUT2D eigenvalue weighted by atomic mass is 32.2. The first-order valence-corrected chi connectivity index (χ1v) is 9.76. The minimum atomic E-state index is -0.292. The SMILES string of the molecule is CCC1S/C(=N\N=C\c2ccc(C)cc2C)N(Cc2ccc(F)cc2)C1=O. The van der Waals surface area contributed by atoms with E-state index in [2.05, 4.69) is 16.3 Å². The number of carbonyl (C=O) groups is 1. The summed E-state index contributed by atoms with van der Waals surface area (Å²) in [7, 11) is 0. The van der Waals surface area contributed by atoms with Gasteiger partial charge in [0, 0.05) is 0 Å². The topological polar surface area (TPSA) is 45.0 Å². The molecule has 2 aromatic rings. The molecule has 0 saturated carbocycles. The molecule has 4 nitrogen and oxygen atoms in total. The van der Waals surface area contributed by atoms with Crippen molar-refractivity contribution in [1.29, 1.82) is 0 Å². The summed E-state index contributed by atoms with van der Waals surface area (Å²) in [4.78, 5) is 14.3. The third-order valence-corrected chi connectivity index (χ3v) is 5.74. The maximum atomic E-state index is 13.1. The van der Waals surface area contributed by atoms with Gasteiger partial charge in [0.2, 0.25) is 5.91 Å². The summed E-state index contributed by atoms with van der Waals surface area (Å²) in [6.07, 6.45) is 2.44. The molecule has 2 aromatic carbocycles. The minimum Gasteiger partial charge on any atom is -0.284 e. The van der Waals surface area contributed by atoms with Crippen molar-refractivity contribution in [3.05, 3.63) is 70.5 Å². The number of aryl methyl sites for hydroxylation is 2. The zero-order chi connectivity index (χ0) is 19.4. The van der Waals surface area contributed by atoms with Gasteiger partial charge in [-0.1, -0.05) is 54.6 Å². The molecule has 0 aromatic heterocycles. The normalized spacial score (nSPS) is 18.8. The quantitative estimate of drug-likeness (QED) is 0.556. The third kappa shape index (κ3) is 4.63.